The van der Waals surface area contributed by atoms with Gasteiger partial charge in [0, 0.05) is 23.3 Å². The predicted octanol–water partition coefficient (Wildman–Crippen LogP) is 4.88. The number of hydrogen-bond donors (Lipinski definition) is 2. The van der Waals surface area contributed by atoms with Gasteiger partial charge in [0.15, 0.2) is 5.11 Å². The van der Waals surface area contributed by atoms with Gasteiger partial charge in [-0.3, -0.25) is 15.1 Å². The van der Waals surface area contributed by atoms with Crippen LogP contribution >= 0.6 is 12.2 Å². The first-order chi connectivity index (χ1) is 13.0. The number of anilines is 1. The van der Waals surface area contributed by atoms with Gasteiger partial charge < -0.3 is 5.32 Å². The third-order valence-electron chi connectivity index (χ3n) is 4.16. The molecule has 5 heteroatoms. The van der Waals surface area contributed by atoms with Gasteiger partial charge in [0.05, 0.1) is 5.52 Å². The van der Waals surface area contributed by atoms with Crippen molar-refractivity contribution in [2.45, 2.75) is 19.8 Å². The summed E-state index contributed by atoms with van der Waals surface area (Å²) in [5.41, 5.74) is 3.90. The molecule has 2 aromatic carbocycles. The van der Waals surface area contributed by atoms with Crippen molar-refractivity contribution in [3.63, 3.8) is 0 Å². The Morgan fingerprint density at radius 1 is 1.07 bits per heavy atom. The zero-order valence-corrected chi connectivity index (χ0v) is 16.1. The maximum atomic E-state index is 12.1. The van der Waals surface area contributed by atoms with Gasteiger partial charge in [0.25, 0.3) is 0 Å². The minimum Gasteiger partial charge on any atom is -0.332 e. The molecule has 0 spiro atoms. The molecule has 0 bridgehead atoms. The fourth-order valence-corrected chi connectivity index (χ4v) is 2.89. The summed E-state index contributed by atoms with van der Waals surface area (Å²) in [6.07, 6.45) is 4.98. The third kappa shape index (κ3) is 4.99. The summed E-state index contributed by atoms with van der Waals surface area (Å²) in [4.78, 5) is 16.4. The molecular formula is C22H21N3OS. The van der Waals surface area contributed by atoms with E-state index in [-0.39, 0.29) is 11.0 Å². The summed E-state index contributed by atoms with van der Waals surface area (Å²) in [6.45, 7) is 4.30. The number of hydrogen-bond acceptors (Lipinski definition) is 3. The average Bonchev–Trinajstić information content (AvgIpc) is 2.67. The Morgan fingerprint density at radius 2 is 1.85 bits per heavy atom. The van der Waals surface area contributed by atoms with Crippen LogP contribution in [0.15, 0.2) is 66.9 Å². The molecule has 3 aromatic rings. The molecule has 4 nitrogen and oxygen atoms in total. The monoisotopic (exact) mass is 375 g/mol. The first-order valence-corrected chi connectivity index (χ1v) is 9.17. The highest BCUT2D eigenvalue weighted by atomic mass is 32.1. The Kier molecular flexibility index (Phi) is 5.94. The van der Waals surface area contributed by atoms with Crippen molar-refractivity contribution < 1.29 is 4.79 Å². The van der Waals surface area contributed by atoms with Crippen molar-refractivity contribution in [3.8, 4) is 0 Å². The normalized spacial score (nSPS) is 11.1. The Hall–Kier alpha value is -3.05. The predicted molar refractivity (Wildman–Crippen MR) is 116 cm³/mol. The van der Waals surface area contributed by atoms with E-state index in [9.17, 15) is 4.79 Å². The highest BCUT2D eigenvalue weighted by Crippen LogP contribution is 2.21. The van der Waals surface area contributed by atoms with Crippen molar-refractivity contribution in [2.24, 2.45) is 0 Å². The maximum absolute atomic E-state index is 12.1. The summed E-state index contributed by atoms with van der Waals surface area (Å²) >= 11 is 5.25. The number of carbonyl (C=O) groups is 1. The van der Waals surface area contributed by atoms with Crippen molar-refractivity contribution in [1.82, 2.24) is 10.3 Å². The fraction of sp³-hybridized carbons (Fsp3) is 0.136. The van der Waals surface area contributed by atoms with Crippen LogP contribution in [0.25, 0.3) is 17.0 Å². The van der Waals surface area contributed by atoms with Crippen molar-refractivity contribution >= 4 is 45.9 Å². The summed E-state index contributed by atoms with van der Waals surface area (Å²) in [5.74, 6) is 0.206. The fourth-order valence-electron chi connectivity index (χ4n) is 2.68. The van der Waals surface area contributed by atoms with Crippen LogP contribution in [0.3, 0.4) is 0 Å². The standard InChI is InChI=1S/C22H21N3OS/c1-15(2)17-11-8-16(9-12-17)10-13-21(26)25-22(27)24-20-7-3-6-19-18(20)5-4-14-23-19/h3-15H,1-2H3,(H2,24,25,26,27). The van der Waals surface area contributed by atoms with E-state index in [0.717, 1.165) is 22.2 Å². The molecule has 0 unspecified atom stereocenters. The topological polar surface area (TPSA) is 54.0 Å². The van der Waals surface area contributed by atoms with Gasteiger partial charge in [0.2, 0.25) is 5.91 Å². The smallest absolute Gasteiger partial charge is 0.250 e. The second-order valence-corrected chi connectivity index (χ2v) is 6.88. The number of amides is 1. The lowest BCUT2D eigenvalue weighted by molar-refractivity contribution is -0.115. The summed E-state index contributed by atoms with van der Waals surface area (Å²) in [6, 6.07) is 17.7. The second kappa shape index (κ2) is 8.56. The van der Waals surface area contributed by atoms with E-state index < -0.39 is 0 Å². The van der Waals surface area contributed by atoms with E-state index in [1.54, 1.807) is 12.3 Å². The molecule has 0 atom stereocenters. The molecule has 0 aliphatic heterocycles. The van der Waals surface area contributed by atoms with Crippen LogP contribution in [0, 0.1) is 0 Å². The van der Waals surface area contributed by atoms with E-state index in [4.69, 9.17) is 12.2 Å². The molecule has 2 N–H and O–H groups in total. The Bertz CT molecular complexity index is 989. The lowest BCUT2D eigenvalue weighted by Gasteiger charge is -2.10. The van der Waals surface area contributed by atoms with Crippen LogP contribution in [0.5, 0.6) is 0 Å². The first-order valence-electron chi connectivity index (χ1n) is 8.76. The van der Waals surface area contributed by atoms with Crippen molar-refractivity contribution in [1.29, 1.82) is 0 Å². The highest BCUT2D eigenvalue weighted by molar-refractivity contribution is 7.80. The van der Waals surface area contributed by atoms with E-state index in [1.165, 1.54) is 11.6 Å². The average molecular weight is 375 g/mol. The highest BCUT2D eigenvalue weighted by Gasteiger charge is 2.05. The van der Waals surface area contributed by atoms with Crippen LogP contribution in [0.1, 0.15) is 30.9 Å². The number of thiocarbonyl (C=S) groups is 1. The third-order valence-corrected chi connectivity index (χ3v) is 4.37. The van der Waals surface area contributed by atoms with Gasteiger partial charge in [-0.1, -0.05) is 44.2 Å². The lowest BCUT2D eigenvalue weighted by atomic mass is 10.0. The van der Waals surface area contributed by atoms with Crippen LogP contribution in [-0.2, 0) is 4.79 Å². The molecule has 3 rings (SSSR count). The zero-order chi connectivity index (χ0) is 19.2. The van der Waals surface area contributed by atoms with Gasteiger partial charge >= 0.3 is 0 Å². The SMILES string of the molecule is CC(C)c1ccc(C=CC(=O)NC(=S)Nc2cccc3ncccc23)cc1. The molecule has 1 amide bonds. The molecule has 27 heavy (non-hydrogen) atoms. The molecule has 0 saturated carbocycles. The molecule has 136 valence electrons. The Balaban J connectivity index is 1.61. The van der Waals surface area contributed by atoms with Gasteiger partial charge in [-0.2, -0.15) is 0 Å². The van der Waals surface area contributed by atoms with Gasteiger partial charge in [-0.15, -0.1) is 0 Å². The zero-order valence-electron chi connectivity index (χ0n) is 15.3. The molecule has 1 heterocycles. The van der Waals surface area contributed by atoms with Gasteiger partial charge in [0.1, 0.15) is 0 Å². The van der Waals surface area contributed by atoms with Crippen LogP contribution in [-0.4, -0.2) is 16.0 Å². The van der Waals surface area contributed by atoms with Gasteiger partial charge in [-0.25, -0.2) is 0 Å². The first kappa shape index (κ1) is 18.7. The van der Waals surface area contributed by atoms with E-state index in [0.29, 0.717) is 5.92 Å². The minimum absolute atomic E-state index is 0.246. The largest absolute Gasteiger partial charge is 0.332 e. The van der Waals surface area contributed by atoms with Crippen LogP contribution in [0.2, 0.25) is 0 Å². The number of rotatable bonds is 4. The summed E-state index contributed by atoms with van der Waals surface area (Å²) in [7, 11) is 0. The van der Waals surface area contributed by atoms with E-state index in [1.807, 2.05) is 42.5 Å². The number of carbonyl (C=O) groups excluding carboxylic acids is 1. The molecule has 0 aliphatic rings. The van der Waals surface area contributed by atoms with Crippen molar-refractivity contribution in [3.05, 3.63) is 78.0 Å². The molecule has 0 fully saturated rings. The minimum atomic E-state index is -0.279. The number of nitrogens with zero attached hydrogens (tertiary/aromatic N) is 1. The number of fused-ring (bicyclic) bond motifs is 1. The molecular weight excluding hydrogens is 354 g/mol. The Labute approximate surface area is 164 Å². The molecule has 0 saturated heterocycles. The number of pyridine rings is 1. The number of aromatic nitrogens is 1. The summed E-state index contributed by atoms with van der Waals surface area (Å²) < 4.78 is 0. The lowest BCUT2D eigenvalue weighted by Crippen LogP contribution is -2.32. The van der Waals surface area contributed by atoms with Crippen molar-refractivity contribution in [2.75, 3.05) is 5.32 Å². The van der Waals surface area contributed by atoms with Gasteiger partial charge in [-0.05, 0) is 59.6 Å². The molecule has 1 aromatic heterocycles. The maximum Gasteiger partial charge on any atom is 0.250 e. The molecule has 0 aliphatic carbocycles. The van der Waals surface area contributed by atoms with E-state index >= 15 is 0 Å². The van der Waals surface area contributed by atoms with E-state index in [2.05, 4.69) is 41.6 Å². The number of benzene rings is 2. The van der Waals surface area contributed by atoms with Crippen LogP contribution in [0.4, 0.5) is 5.69 Å². The Morgan fingerprint density at radius 3 is 2.59 bits per heavy atom. The number of nitrogens with one attached hydrogen (secondary N) is 2. The molecule has 0 radical (unpaired) electrons. The van der Waals surface area contributed by atoms with Crippen LogP contribution < -0.4 is 10.6 Å². The summed E-state index contributed by atoms with van der Waals surface area (Å²) in [5, 5.41) is 6.92. The second-order valence-electron chi connectivity index (χ2n) is 6.47. The quantitative estimate of drug-likeness (QED) is 0.504.